The van der Waals surface area contributed by atoms with Gasteiger partial charge in [0.15, 0.2) is 0 Å². The minimum Gasteiger partial charge on any atom is -0.478 e. The van der Waals surface area contributed by atoms with Crippen LogP contribution in [0.15, 0.2) is 42.6 Å². The van der Waals surface area contributed by atoms with E-state index in [0.29, 0.717) is 5.69 Å². The summed E-state index contributed by atoms with van der Waals surface area (Å²) < 4.78 is 1.63. The summed E-state index contributed by atoms with van der Waals surface area (Å²) in [6, 6.07) is 7.84. The number of aryl methyl sites for hydroxylation is 1. The highest BCUT2D eigenvalue weighted by Gasteiger charge is 2.04. The third kappa shape index (κ3) is 3.32. The molecular formula is C14H13N3O3. The molecule has 0 aliphatic heterocycles. The minimum absolute atomic E-state index is 0.124. The number of amides is 1. The number of nitrogens with zero attached hydrogens (tertiary/aromatic N) is 2. The zero-order chi connectivity index (χ0) is 14.5. The maximum Gasteiger partial charge on any atom is 0.335 e. The lowest BCUT2D eigenvalue weighted by Gasteiger charge is -2.03. The number of carboxylic acid groups (broad SMARTS) is 1. The topological polar surface area (TPSA) is 84.2 Å². The smallest absolute Gasteiger partial charge is 0.335 e. The van der Waals surface area contributed by atoms with Gasteiger partial charge in [0.2, 0.25) is 5.91 Å². The van der Waals surface area contributed by atoms with Crippen molar-refractivity contribution in [2.24, 2.45) is 7.05 Å². The summed E-state index contributed by atoms with van der Waals surface area (Å²) in [6.45, 7) is 0. The fourth-order valence-corrected chi connectivity index (χ4v) is 1.62. The second-order valence-electron chi connectivity index (χ2n) is 4.09. The monoisotopic (exact) mass is 271 g/mol. The van der Waals surface area contributed by atoms with Crippen molar-refractivity contribution in [3.8, 4) is 0 Å². The number of aromatic carboxylic acids is 1. The summed E-state index contributed by atoms with van der Waals surface area (Å²) in [5.74, 6) is -1.37. The zero-order valence-corrected chi connectivity index (χ0v) is 10.8. The third-order valence-corrected chi connectivity index (χ3v) is 2.64. The molecule has 0 spiro atoms. The number of carbonyl (C=O) groups is 2. The second kappa shape index (κ2) is 5.83. The predicted molar refractivity (Wildman–Crippen MR) is 74.3 cm³/mol. The fraction of sp³-hybridized carbons (Fsp3) is 0.0714. The highest BCUT2D eigenvalue weighted by atomic mass is 16.4. The number of anilines is 1. The van der Waals surface area contributed by atoms with E-state index in [2.05, 4.69) is 10.4 Å². The molecule has 1 aromatic carbocycles. The van der Waals surface area contributed by atoms with E-state index in [9.17, 15) is 9.59 Å². The number of rotatable bonds is 4. The lowest BCUT2D eigenvalue weighted by Crippen LogP contribution is -2.08. The molecule has 0 fully saturated rings. The van der Waals surface area contributed by atoms with Crippen LogP contribution in [-0.4, -0.2) is 26.8 Å². The van der Waals surface area contributed by atoms with Crippen LogP contribution in [0.5, 0.6) is 0 Å². The van der Waals surface area contributed by atoms with Crippen LogP contribution >= 0.6 is 0 Å². The summed E-state index contributed by atoms with van der Waals surface area (Å²) in [5, 5.41) is 15.4. The first-order valence-corrected chi connectivity index (χ1v) is 5.86. The Morgan fingerprint density at radius 3 is 2.80 bits per heavy atom. The first-order chi connectivity index (χ1) is 9.56. The molecule has 20 heavy (non-hydrogen) atoms. The standard InChI is InChI=1S/C14H13N3O3/c1-17-12(7-8-15-17)5-6-13(18)16-11-4-2-3-10(9-11)14(19)20/h2-9H,1H3,(H,16,18)(H,19,20)/b6-5+. The molecule has 0 unspecified atom stereocenters. The molecule has 1 aromatic heterocycles. The summed E-state index contributed by atoms with van der Waals surface area (Å²) in [5.41, 5.74) is 1.35. The van der Waals surface area contributed by atoms with Crippen molar-refractivity contribution < 1.29 is 14.7 Å². The number of carboxylic acids is 1. The maximum atomic E-state index is 11.7. The van der Waals surface area contributed by atoms with Crippen LogP contribution in [0, 0.1) is 0 Å². The molecule has 2 rings (SSSR count). The Morgan fingerprint density at radius 2 is 2.15 bits per heavy atom. The molecule has 0 bridgehead atoms. The Hall–Kier alpha value is -2.89. The molecule has 0 aliphatic carbocycles. The maximum absolute atomic E-state index is 11.7. The molecule has 6 heteroatoms. The van der Waals surface area contributed by atoms with E-state index in [1.807, 2.05) is 0 Å². The molecule has 102 valence electrons. The predicted octanol–water partition coefficient (Wildman–Crippen LogP) is 1.77. The molecule has 2 N–H and O–H groups in total. The van der Waals surface area contributed by atoms with Crippen molar-refractivity contribution in [2.75, 3.05) is 5.32 Å². The van der Waals surface area contributed by atoms with Crippen LogP contribution in [0.2, 0.25) is 0 Å². The Kier molecular flexibility index (Phi) is 3.95. The van der Waals surface area contributed by atoms with Gasteiger partial charge in [-0.15, -0.1) is 0 Å². The largest absolute Gasteiger partial charge is 0.478 e. The molecular weight excluding hydrogens is 258 g/mol. The van der Waals surface area contributed by atoms with Crippen molar-refractivity contribution in [3.63, 3.8) is 0 Å². The Morgan fingerprint density at radius 1 is 1.35 bits per heavy atom. The fourth-order valence-electron chi connectivity index (χ4n) is 1.62. The highest BCUT2D eigenvalue weighted by molar-refractivity contribution is 6.02. The number of aromatic nitrogens is 2. The van der Waals surface area contributed by atoms with Gasteiger partial charge in [-0.3, -0.25) is 9.48 Å². The van der Waals surface area contributed by atoms with Crippen molar-refractivity contribution in [2.45, 2.75) is 0 Å². The van der Waals surface area contributed by atoms with Gasteiger partial charge in [-0.05, 0) is 30.3 Å². The number of hydrogen-bond donors (Lipinski definition) is 2. The van der Waals surface area contributed by atoms with E-state index in [0.717, 1.165) is 5.69 Å². The van der Waals surface area contributed by atoms with Gasteiger partial charge in [-0.2, -0.15) is 5.10 Å². The van der Waals surface area contributed by atoms with Crippen molar-refractivity contribution >= 4 is 23.6 Å². The van der Waals surface area contributed by atoms with Gasteiger partial charge < -0.3 is 10.4 Å². The number of benzene rings is 1. The summed E-state index contributed by atoms with van der Waals surface area (Å²) in [6.07, 6.45) is 4.63. The van der Waals surface area contributed by atoms with Crippen LogP contribution in [0.4, 0.5) is 5.69 Å². The SMILES string of the molecule is Cn1nccc1/C=C/C(=O)Nc1cccc(C(=O)O)c1. The molecule has 0 saturated heterocycles. The van der Waals surface area contributed by atoms with E-state index < -0.39 is 5.97 Å². The van der Waals surface area contributed by atoms with E-state index in [4.69, 9.17) is 5.11 Å². The normalized spacial score (nSPS) is 10.7. The average Bonchev–Trinajstić information content (AvgIpc) is 2.82. The third-order valence-electron chi connectivity index (χ3n) is 2.64. The van der Waals surface area contributed by atoms with Crippen LogP contribution in [0.3, 0.4) is 0 Å². The molecule has 0 atom stereocenters. The molecule has 0 radical (unpaired) electrons. The summed E-state index contributed by atoms with van der Waals surface area (Å²) in [4.78, 5) is 22.5. The van der Waals surface area contributed by atoms with Gasteiger partial charge in [0.25, 0.3) is 0 Å². The number of nitrogens with one attached hydrogen (secondary N) is 1. The van der Waals surface area contributed by atoms with Gasteiger partial charge in [-0.25, -0.2) is 4.79 Å². The first-order valence-electron chi connectivity index (χ1n) is 5.86. The summed E-state index contributed by atoms with van der Waals surface area (Å²) in [7, 11) is 1.77. The lowest BCUT2D eigenvalue weighted by molar-refractivity contribution is -0.111. The van der Waals surface area contributed by atoms with Gasteiger partial charge >= 0.3 is 5.97 Å². The van der Waals surface area contributed by atoms with Crippen molar-refractivity contribution in [3.05, 3.63) is 53.9 Å². The molecule has 0 saturated carbocycles. The molecule has 6 nitrogen and oxygen atoms in total. The van der Waals surface area contributed by atoms with Gasteiger partial charge in [0.05, 0.1) is 11.3 Å². The molecule has 2 aromatic rings. The van der Waals surface area contributed by atoms with Gasteiger partial charge in [-0.1, -0.05) is 6.07 Å². The number of carbonyl (C=O) groups excluding carboxylic acids is 1. The number of hydrogen-bond acceptors (Lipinski definition) is 3. The van der Waals surface area contributed by atoms with Gasteiger partial charge in [0, 0.05) is 25.0 Å². The Labute approximate surface area is 115 Å². The van der Waals surface area contributed by atoms with Gasteiger partial charge in [0.1, 0.15) is 0 Å². The second-order valence-corrected chi connectivity index (χ2v) is 4.09. The first kappa shape index (κ1) is 13.5. The Balaban J connectivity index is 2.05. The van der Waals surface area contributed by atoms with E-state index in [1.165, 1.54) is 18.2 Å². The van der Waals surface area contributed by atoms with E-state index in [1.54, 1.807) is 42.2 Å². The van der Waals surface area contributed by atoms with Crippen molar-refractivity contribution in [1.82, 2.24) is 9.78 Å². The quantitative estimate of drug-likeness (QED) is 0.830. The van der Waals surface area contributed by atoms with Crippen molar-refractivity contribution in [1.29, 1.82) is 0 Å². The average molecular weight is 271 g/mol. The van der Waals surface area contributed by atoms with Crippen LogP contribution in [0.1, 0.15) is 16.1 Å². The zero-order valence-electron chi connectivity index (χ0n) is 10.8. The van der Waals surface area contributed by atoms with Crippen LogP contribution in [-0.2, 0) is 11.8 Å². The lowest BCUT2D eigenvalue weighted by atomic mass is 10.2. The molecule has 1 amide bonds. The van der Waals surface area contributed by atoms with Crippen LogP contribution in [0.25, 0.3) is 6.08 Å². The molecule has 0 aliphatic rings. The van der Waals surface area contributed by atoms with E-state index >= 15 is 0 Å². The molecule has 1 heterocycles. The van der Waals surface area contributed by atoms with E-state index in [-0.39, 0.29) is 11.5 Å². The summed E-state index contributed by atoms with van der Waals surface area (Å²) >= 11 is 0. The highest BCUT2D eigenvalue weighted by Crippen LogP contribution is 2.11. The van der Waals surface area contributed by atoms with Crippen LogP contribution < -0.4 is 5.32 Å². The minimum atomic E-state index is -1.04. The Bertz CT molecular complexity index is 674.